The Hall–Kier alpha value is -3.26. The van der Waals surface area contributed by atoms with Crippen molar-refractivity contribution < 1.29 is 13.6 Å². The molecule has 0 spiro atoms. The number of aromatic nitrogens is 3. The molecule has 0 aliphatic heterocycles. The number of hydrogen-bond donors (Lipinski definition) is 1. The predicted molar refractivity (Wildman–Crippen MR) is 105 cm³/mol. The van der Waals surface area contributed by atoms with Gasteiger partial charge in [-0.3, -0.25) is 9.36 Å². The SMILES string of the molecule is C[C@H](NC(=O)CSc1nnc(-c2ccco2)n1-c1ccccc1)c1ccco1. The summed E-state index contributed by atoms with van der Waals surface area (Å²) in [6.45, 7) is 1.88. The molecule has 0 bridgehead atoms. The molecule has 1 atom stereocenters. The number of amides is 1. The summed E-state index contributed by atoms with van der Waals surface area (Å²) in [6.07, 6.45) is 3.18. The van der Waals surface area contributed by atoms with Crippen LogP contribution in [0.4, 0.5) is 0 Å². The van der Waals surface area contributed by atoms with Gasteiger partial charge in [0, 0.05) is 5.69 Å². The molecule has 3 heterocycles. The molecule has 0 saturated heterocycles. The van der Waals surface area contributed by atoms with E-state index in [1.54, 1.807) is 24.7 Å². The Kier molecular flexibility index (Phi) is 5.29. The molecule has 1 N–H and O–H groups in total. The van der Waals surface area contributed by atoms with Gasteiger partial charge in [-0.1, -0.05) is 30.0 Å². The second-order valence-electron chi connectivity index (χ2n) is 6.05. The number of nitrogens with one attached hydrogen (secondary N) is 1. The van der Waals surface area contributed by atoms with E-state index in [2.05, 4.69) is 15.5 Å². The van der Waals surface area contributed by atoms with Crippen LogP contribution in [0.15, 0.2) is 81.1 Å². The third-order valence-corrected chi connectivity index (χ3v) is 5.00. The van der Waals surface area contributed by atoms with E-state index in [9.17, 15) is 4.79 Å². The molecule has 4 aromatic rings. The minimum Gasteiger partial charge on any atom is -0.467 e. The number of nitrogens with zero attached hydrogens (tertiary/aromatic N) is 3. The van der Waals surface area contributed by atoms with Crippen LogP contribution in [0, 0.1) is 0 Å². The van der Waals surface area contributed by atoms with Gasteiger partial charge in [0.2, 0.25) is 11.7 Å². The van der Waals surface area contributed by atoms with Gasteiger partial charge in [-0.25, -0.2) is 0 Å². The number of furan rings is 2. The molecule has 1 amide bonds. The van der Waals surface area contributed by atoms with Crippen molar-refractivity contribution in [3.8, 4) is 17.3 Å². The molecule has 8 heteroatoms. The van der Waals surface area contributed by atoms with Crippen LogP contribution in [0.1, 0.15) is 18.7 Å². The number of carbonyl (C=O) groups is 1. The molecule has 0 radical (unpaired) electrons. The zero-order valence-electron chi connectivity index (χ0n) is 15.1. The summed E-state index contributed by atoms with van der Waals surface area (Å²) in [7, 11) is 0. The van der Waals surface area contributed by atoms with Gasteiger partial charge in [-0.15, -0.1) is 10.2 Å². The van der Waals surface area contributed by atoms with Gasteiger partial charge in [0.05, 0.1) is 24.3 Å². The van der Waals surface area contributed by atoms with Crippen molar-refractivity contribution in [2.24, 2.45) is 0 Å². The molecule has 0 fully saturated rings. The molecular weight excluding hydrogens is 376 g/mol. The van der Waals surface area contributed by atoms with Crippen molar-refractivity contribution in [3.63, 3.8) is 0 Å². The fourth-order valence-electron chi connectivity index (χ4n) is 2.76. The van der Waals surface area contributed by atoms with Crippen LogP contribution < -0.4 is 5.32 Å². The Labute approximate surface area is 165 Å². The quantitative estimate of drug-likeness (QED) is 0.475. The number of rotatable bonds is 7. The maximum atomic E-state index is 12.4. The summed E-state index contributed by atoms with van der Waals surface area (Å²) < 4.78 is 12.7. The molecule has 1 aromatic carbocycles. The van der Waals surface area contributed by atoms with E-state index in [0.29, 0.717) is 22.5 Å². The molecule has 142 valence electrons. The number of para-hydroxylation sites is 1. The minimum absolute atomic E-state index is 0.115. The maximum Gasteiger partial charge on any atom is 0.231 e. The lowest BCUT2D eigenvalue weighted by Crippen LogP contribution is -2.28. The van der Waals surface area contributed by atoms with Crippen molar-refractivity contribution >= 4 is 17.7 Å². The van der Waals surface area contributed by atoms with Gasteiger partial charge in [0.15, 0.2) is 10.9 Å². The maximum absolute atomic E-state index is 12.4. The monoisotopic (exact) mass is 394 g/mol. The van der Waals surface area contributed by atoms with Gasteiger partial charge < -0.3 is 14.2 Å². The van der Waals surface area contributed by atoms with E-state index in [4.69, 9.17) is 8.83 Å². The molecule has 7 nitrogen and oxygen atoms in total. The van der Waals surface area contributed by atoms with Crippen LogP contribution in [-0.2, 0) is 4.79 Å². The minimum atomic E-state index is -0.200. The summed E-state index contributed by atoms with van der Waals surface area (Å²) in [4.78, 5) is 12.4. The highest BCUT2D eigenvalue weighted by Crippen LogP contribution is 2.28. The van der Waals surface area contributed by atoms with Crippen LogP contribution in [0.25, 0.3) is 17.3 Å². The lowest BCUT2D eigenvalue weighted by atomic mass is 10.2. The number of thioether (sulfide) groups is 1. The smallest absolute Gasteiger partial charge is 0.231 e. The van der Waals surface area contributed by atoms with Crippen molar-refractivity contribution in [1.82, 2.24) is 20.1 Å². The van der Waals surface area contributed by atoms with E-state index >= 15 is 0 Å². The van der Waals surface area contributed by atoms with Crippen molar-refractivity contribution in [1.29, 1.82) is 0 Å². The summed E-state index contributed by atoms with van der Waals surface area (Å²) >= 11 is 1.31. The first-order valence-electron chi connectivity index (χ1n) is 8.72. The highest BCUT2D eigenvalue weighted by Gasteiger charge is 2.19. The van der Waals surface area contributed by atoms with Crippen LogP contribution in [0.2, 0.25) is 0 Å². The summed E-state index contributed by atoms with van der Waals surface area (Å²) in [5, 5.41) is 12.1. The van der Waals surface area contributed by atoms with Gasteiger partial charge in [-0.2, -0.15) is 0 Å². The molecule has 4 rings (SSSR count). The van der Waals surface area contributed by atoms with E-state index in [-0.39, 0.29) is 17.7 Å². The summed E-state index contributed by atoms with van der Waals surface area (Å²) in [5.74, 6) is 2.00. The number of hydrogen-bond acceptors (Lipinski definition) is 6. The Balaban J connectivity index is 1.52. The Morgan fingerprint density at radius 3 is 2.57 bits per heavy atom. The van der Waals surface area contributed by atoms with Gasteiger partial charge in [0.1, 0.15) is 5.76 Å². The Morgan fingerprint density at radius 1 is 1.07 bits per heavy atom. The summed E-state index contributed by atoms with van der Waals surface area (Å²) in [6, 6.07) is 16.8. The van der Waals surface area contributed by atoms with Crippen LogP contribution in [-0.4, -0.2) is 26.4 Å². The molecule has 0 unspecified atom stereocenters. The third-order valence-electron chi connectivity index (χ3n) is 4.07. The average Bonchev–Trinajstić information content (AvgIpc) is 3.48. The fourth-order valence-corrected chi connectivity index (χ4v) is 3.52. The molecule has 3 aromatic heterocycles. The predicted octanol–water partition coefficient (Wildman–Crippen LogP) is 4.09. The first kappa shape index (κ1) is 18.1. The van der Waals surface area contributed by atoms with Crippen LogP contribution >= 0.6 is 11.8 Å². The van der Waals surface area contributed by atoms with Crippen molar-refractivity contribution in [2.75, 3.05) is 5.75 Å². The van der Waals surface area contributed by atoms with E-state index in [0.717, 1.165) is 5.69 Å². The second-order valence-corrected chi connectivity index (χ2v) is 6.99. The van der Waals surface area contributed by atoms with E-state index in [1.807, 2.05) is 54.0 Å². The Bertz CT molecular complexity index is 1030. The van der Waals surface area contributed by atoms with E-state index in [1.165, 1.54) is 11.8 Å². The third kappa shape index (κ3) is 3.86. The molecular formula is C20H18N4O3S. The Morgan fingerprint density at radius 2 is 1.86 bits per heavy atom. The summed E-state index contributed by atoms with van der Waals surface area (Å²) in [5.41, 5.74) is 0.894. The standard InChI is InChI=1S/C20H18N4O3S/c1-14(16-9-5-11-26-16)21-18(25)13-28-20-23-22-19(17-10-6-12-27-17)24(20)15-7-3-2-4-8-15/h2-12,14H,13H2,1H3,(H,21,25)/t14-/m0/s1. The first-order valence-corrected chi connectivity index (χ1v) is 9.71. The highest BCUT2D eigenvalue weighted by atomic mass is 32.2. The zero-order valence-corrected chi connectivity index (χ0v) is 15.9. The van der Waals surface area contributed by atoms with Gasteiger partial charge in [-0.05, 0) is 43.3 Å². The van der Waals surface area contributed by atoms with E-state index < -0.39 is 0 Å². The van der Waals surface area contributed by atoms with Gasteiger partial charge >= 0.3 is 0 Å². The fraction of sp³-hybridized carbons (Fsp3) is 0.150. The average molecular weight is 394 g/mol. The molecule has 28 heavy (non-hydrogen) atoms. The lowest BCUT2D eigenvalue weighted by molar-refractivity contribution is -0.119. The molecule has 0 aliphatic rings. The molecule has 0 saturated carbocycles. The lowest BCUT2D eigenvalue weighted by Gasteiger charge is -2.12. The zero-order chi connectivity index (χ0) is 19.3. The van der Waals surface area contributed by atoms with Crippen molar-refractivity contribution in [3.05, 3.63) is 72.9 Å². The van der Waals surface area contributed by atoms with Gasteiger partial charge in [0.25, 0.3) is 0 Å². The topological polar surface area (TPSA) is 86.1 Å². The second kappa shape index (κ2) is 8.18. The normalized spacial score (nSPS) is 12.0. The molecule has 0 aliphatic carbocycles. The largest absolute Gasteiger partial charge is 0.467 e. The first-order chi connectivity index (χ1) is 13.7. The number of carbonyl (C=O) groups excluding carboxylic acids is 1. The number of benzene rings is 1. The highest BCUT2D eigenvalue weighted by molar-refractivity contribution is 7.99. The van der Waals surface area contributed by atoms with Crippen LogP contribution in [0.5, 0.6) is 0 Å². The van der Waals surface area contributed by atoms with Crippen LogP contribution in [0.3, 0.4) is 0 Å². The van der Waals surface area contributed by atoms with Crippen molar-refractivity contribution in [2.45, 2.75) is 18.1 Å².